The number of hydrogen-bond donors (Lipinski definition) is 2. The van der Waals surface area contributed by atoms with Gasteiger partial charge in [-0.1, -0.05) is 40.2 Å². The largest absolute Gasteiger partial charge is 0.594 e. The van der Waals surface area contributed by atoms with Crippen LogP contribution in [0.1, 0.15) is 59.9 Å². The van der Waals surface area contributed by atoms with Gasteiger partial charge in [-0.05, 0) is 68.5 Å². The number of nitriles is 1. The number of anilines is 2. The summed E-state index contributed by atoms with van der Waals surface area (Å²) in [5.74, 6) is -2.29. The first kappa shape index (κ1) is 30.6. The molecule has 0 spiro atoms. The zero-order valence-corrected chi connectivity index (χ0v) is 26.3. The predicted octanol–water partition coefficient (Wildman–Crippen LogP) is 3.93. The Morgan fingerprint density at radius 3 is 2.38 bits per heavy atom. The molecule has 2 aliphatic carbocycles. The minimum Gasteiger partial charge on any atom is -0.594 e. The number of halogens is 3. The number of benzene rings is 2. The normalized spacial score (nSPS) is 19.9. The Morgan fingerprint density at radius 2 is 1.79 bits per heavy atom. The van der Waals surface area contributed by atoms with Crippen molar-refractivity contribution in [3.63, 3.8) is 0 Å². The number of carbonyl (C=O) groups excluding carboxylic acids is 3. The van der Waals surface area contributed by atoms with Crippen molar-refractivity contribution in [2.75, 3.05) is 4.90 Å². The van der Waals surface area contributed by atoms with Crippen LogP contribution in [-0.2, 0) is 27.1 Å². The van der Waals surface area contributed by atoms with Crippen LogP contribution in [0.4, 0.5) is 16.0 Å². The highest BCUT2D eigenvalue weighted by Gasteiger charge is 2.58. The van der Waals surface area contributed by atoms with Gasteiger partial charge < -0.3 is 15.8 Å². The van der Waals surface area contributed by atoms with E-state index in [1.165, 1.54) is 34.0 Å². The molecule has 4 aromatic rings. The van der Waals surface area contributed by atoms with Crippen molar-refractivity contribution in [2.45, 2.75) is 55.6 Å². The van der Waals surface area contributed by atoms with Crippen molar-refractivity contribution >= 4 is 52.6 Å². The van der Waals surface area contributed by atoms with E-state index in [0.29, 0.717) is 47.3 Å². The molecule has 1 aliphatic heterocycles. The summed E-state index contributed by atoms with van der Waals surface area (Å²) in [6.07, 6.45) is 4.62. The average molecular weight is 676 g/mol. The lowest BCUT2D eigenvalue weighted by Gasteiger charge is -2.27. The molecule has 12 nitrogen and oxygen atoms in total. The van der Waals surface area contributed by atoms with Crippen LogP contribution < -0.4 is 20.4 Å². The summed E-state index contributed by atoms with van der Waals surface area (Å²) in [4.78, 5) is 47.9. The third kappa shape index (κ3) is 5.04. The second kappa shape index (κ2) is 10.8. The second-order valence-corrected chi connectivity index (χ2v) is 13.1. The summed E-state index contributed by atoms with van der Waals surface area (Å²) in [6, 6.07) is 14.5. The molecule has 2 fully saturated rings. The van der Waals surface area contributed by atoms with Crippen LogP contribution in [0, 0.1) is 22.4 Å². The number of rotatable bonds is 8. The van der Waals surface area contributed by atoms with Gasteiger partial charge in [-0.25, -0.2) is 14.3 Å². The van der Waals surface area contributed by atoms with Gasteiger partial charge in [-0.3, -0.25) is 19.0 Å². The summed E-state index contributed by atoms with van der Waals surface area (Å²) >= 11 is 12.2. The maximum atomic E-state index is 14.3. The fraction of sp³-hybridized carbons (Fsp3) is 0.281. The standard InChI is InChI=1S/C32H25Cl2FN8O4/c1-30(15-18-4-6-19(16-36)7-5-18)28(46)42(20-13-21(33)25(35)22(34)14-20)29-37-17-23(43(29)30)26(44)38-32(10-11-32)27(45)39-31(8-9-31)24-3-2-12-41(47)40-24/h2-7,12-14,17H,8-11,15H2,1H3,(H,38,44)(H,39,45)/t30-/m1/s1. The highest BCUT2D eigenvalue weighted by Crippen LogP contribution is 2.47. The van der Waals surface area contributed by atoms with Gasteiger partial charge in [0.05, 0.1) is 39.1 Å². The number of imidazole rings is 1. The lowest BCUT2D eigenvalue weighted by atomic mass is 9.91. The highest BCUT2D eigenvalue weighted by molar-refractivity contribution is 6.35. The fourth-order valence-corrected chi connectivity index (χ4v) is 6.56. The van der Waals surface area contributed by atoms with Gasteiger partial charge in [-0.2, -0.15) is 5.26 Å². The molecule has 3 heterocycles. The molecule has 1 atom stereocenters. The van der Waals surface area contributed by atoms with Gasteiger partial charge in [0.2, 0.25) is 18.1 Å². The van der Waals surface area contributed by atoms with E-state index in [1.807, 2.05) is 0 Å². The Balaban J connectivity index is 1.22. The van der Waals surface area contributed by atoms with Gasteiger partial charge in [-0.15, -0.1) is 0 Å². The summed E-state index contributed by atoms with van der Waals surface area (Å²) in [5, 5.41) is 30.2. The first-order valence-electron chi connectivity index (χ1n) is 14.7. The smallest absolute Gasteiger partial charge is 0.270 e. The molecule has 0 unspecified atom stereocenters. The van der Waals surface area contributed by atoms with Crippen molar-refractivity contribution in [3.8, 4) is 6.07 Å². The number of aromatic nitrogens is 4. The van der Waals surface area contributed by atoms with Gasteiger partial charge in [0.15, 0.2) is 5.82 Å². The topological polar surface area (TPSA) is 160 Å². The first-order valence-corrected chi connectivity index (χ1v) is 15.4. The summed E-state index contributed by atoms with van der Waals surface area (Å²) in [7, 11) is 0. The molecule has 0 bridgehead atoms. The van der Waals surface area contributed by atoms with E-state index in [0.717, 1.165) is 0 Å². The minimum absolute atomic E-state index is 0.0173. The summed E-state index contributed by atoms with van der Waals surface area (Å²) in [6.45, 7) is 1.65. The zero-order valence-electron chi connectivity index (χ0n) is 24.8. The van der Waals surface area contributed by atoms with Crippen LogP contribution in [0.25, 0.3) is 0 Å². The lowest BCUT2D eigenvalue weighted by molar-refractivity contribution is -0.670. The molecule has 2 N–H and O–H groups in total. The molecular weight excluding hydrogens is 650 g/mol. The molecule has 7 rings (SSSR count). The van der Waals surface area contributed by atoms with Gasteiger partial charge in [0.25, 0.3) is 11.8 Å². The SMILES string of the molecule is C[C@@]1(Cc2ccc(C#N)cc2)C(=O)N(c2cc(Cl)c(F)c(Cl)c2)c2ncc(C(=O)NC3(C(=O)NC4(c5ccc[n+]([O-])n5)CC4)CC3)n21. The Bertz CT molecular complexity index is 2010. The van der Waals surface area contributed by atoms with Gasteiger partial charge in [0, 0.05) is 17.6 Å². The average Bonchev–Trinajstić information content (AvgIpc) is 3.95. The van der Waals surface area contributed by atoms with E-state index < -0.39 is 40.2 Å². The van der Waals surface area contributed by atoms with E-state index in [-0.39, 0.29) is 33.8 Å². The first-order chi connectivity index (χ1) is 22.4. The number of amides is 3. The van der Waals surface area contributed by atoms with Crippen LogP contribution >= 0.6 is 23.2 Å². The summed E-state index contributed by atoms with van der Waals surface area (Å²) in [5.41, 5.74) is -1.67. The number of fused-ring (bicyclic) bond motifs is 1. The molecule has 15 heteroatoms. The molecule has 3 aliphatic rings. The predicted molar refractivity (Wildman–Crippen MR) is 166 cm³/mol. The third-order valence-corrected chi connectivity index (χ3v) is 9.55. The van der Waals surface area contributed by atoms with E-state index in [4.69, 9.17) is 23.2 Å². The number of carbonyl (C=O) groups is 3. The van der Waals surface area contributed by atoms with Crippen molar-refractivity contribution in [2.24, 2.45) is 0 Å². The van der Waals surface area contributed by atoms with E-state index in [1.54, 1.807) is 43.3 Å². The van der Waals surface area contributed by atoms with Crippen molar-refractivity contribution in [1.82, 2.24) is 25.3 Å². The number of hydrogen-bond acceptors (Lipinski definition) is 7. The van der Waals surface area contributed by atoms with Crippen LogP contribution in [0.15, 0.2) is 60.9 Å². The van der Waals surface area contributed by atoms with Crippen LogP contribution in [0.2, 0.25) is 10.0 Å². The Hall–Kier alpha value is -5.06. The molecule has 238 valence electrons. The molecule has 0 saturated heterocycles. The molecule has 3 amide bonds. The molecular formula is C32H25Cl2FN8O4. The number of nitrogens with one attached hydrogen (secondary N) is 2. The molecule has 2 aromatic heterocycles. The quantitative estimate of drug-likeness (QED) is 0.163. The summed E-state index contributed by atoms with van der Waals surface area (Å²) < 4.78 is 15.8. The number of nitrogens with zero attached hydrogens (tertiary/aromatic N) is 6. The van der Waals surface area contributed by atoms with Crippen LogP contribution in [0.5, 0.6) is 0 Å². The monoisotopic (exact) mass is 674 g/mol. The Morgan fingerprint density at radius 1 is 1.11 bits per heavy atom. The third-order valence-electron chi connectivity index (χ3n) is 9.00. The van der Waals surface area contributed by atoms with Gasteiger partial charge >= 0.3 is 0 Å². The van der Waals surface area contributed by atoms with Crippen LogP contribution in [-0.4, -0.2) is 37.9 Å². The van der Waals surface area contributed by atoms with Crippen LogP contribution in [0.3, 0.4) is 0 Å². The van der Waals surface area contributed by atoms with E-state index >= 15 is 0 Å². The van der Waals surface area contributed by atoms with Crippen molar-refractivity contribution < 1.29 is 23.6 Å². The fourth-order valence-electron chi connectivity index (χ4n) is 6.09. The van der Waals surface area contributed by atoms with E-state index in [9.17, 15) is 29.2 Å². The Kier molecular flexibility index (Phi) is 7.00. The minimum atomic E-state index is -1.43. The second-order valence-electron chi connectivity index (χ2n) is 12.3. The van der Waals surface area contributed by atoms with Gasteiger partial charge in [0.1, 0.15) is 22.5 Å². The van der Waals surface area contributed by atoms with E-state index in [2.05, 4.69) is 26.8 Å². The maximum Gasteiger partial charge on any atom is 0.270 e. The highest BCUT2D eigenvalue weighted by atomic mass is 35.5. The lowest BCUT2D eigenvalue weighted by Crippen LogP contribution is -2.53. The van der Waals surface area contributed by atoms with Crippen molar-refractivity contribution in [3.05, 3.63) is 105 Å². The zero-order chi connectivity index (χ0) is 33.3. The molecule has 2 aromatic carbocycles. The molecule has 0 radical (unpaired) electrons. The maximum absolute atomic E-state index is 14.3. The Labute approximate surface area is 277 Å². The molecule has 47 heavy (non-hydrogen) atoms. The molecule has 2 saturated carbocycles. The van der Waals surface area contributed by atoms with Crippen molar-refractivity contribution in [1.29, 1.82) is 5.26 Å².